The molecule has 0 fully saturated rings. The van der Waals surface area contributed by atoms with E-state index in [1.165, 1.54) is 6.07 Å². The zero-order chi connectivity index (χ0) is 10.1. The fourth-order valence-corrected chi connectivity index (χ4v) is 1.08. The maximum absolute atomic E-state index is 12.1. The quantitative estimate of drug-likeness (QED) is 0.698. The van der Waals surface area contributed by atoms with Crippen molar-refractivity contribution in [2.24, 2.45) is 0 Å². The highest BCUT2D eigenvalue weighted by molar-refractivity contribution is 9.09. The maximum atomic E-state index is 12.1. The van der Waals surface area contributed by atoms with Crippen molar-refractivity contribution in [1.82, 2.24) is 4.98 Å². The lowest BCUT2D eigenvalue weighted by molar-refractivity contribution is -0.137. The summed E-state index contributed by atoms with van der Waals surface area (Å²) in [6.07, 6.45) is -3.46. The van der Waals surface area contributed by atoms with Crippen LogP contribution in [0.15, 0.2) is 18.3 Å². The Balaban J connectivity index is 2.94. The first-order chi connectivity index (χ1) is 5.91. The molecular weight excluding hydrogens is 247 g/mol. The Morgan fingerprint density at radius 3 is 2.31 bits per heavy atom. The lowest BCUT2D eigenvalue weighted by atomic mass is 10.2. The lowest BCUT2D eigenvalue weighted by Crippen LogP contribution is -2.05. The standard InChI is InChI=1S/C8H7BrF3N/c1-5(9)7-3-2-6(4-13-7)8(10,11)12/h2-5H,1H3/t5-/m0/s1. The van der Waals surface area contributed by atoms with Gasteiger partial charge in [-0.1, -0.05) is 15.9 Å². The minimum atomic E-state index is -4.30. The minimum absolute atomic E-state index is 0.0326. The molecule has 0 spiro atoms. The predicted molar refractivity (Wildman–Crippen MR) is 46.6 cm³/mol. The molecular formula is C8H7BrF3N. The molecule has 0 unspecified atom stereocenters. The summed E-state index contributed by atoms with van der Waals surface area (Å²) in [5.74, 6) is 0. The summed E-state index contributed by atoms with van der Waals surface area (Å²) in [5, 5.41) is 0. The van der Waals surface area contributed by atoms with Gasteiger partial charge in [-0.2, -0.15) is 13.2 Å². The Hall–Kier alpha value is -0.580. The molecule has 1 rings (SSSR count). The number of alkyl halides is 4. The molecule has 0 N–H and O–H groups in total. The van der Waals surface area contributed by atoms with Crippen LogP contribution in [0.5, 0.6) is 0 Å². The third-order valence-electron chi connectivity index (χ3n) is 1.52. The normalized spacial score (nSPS) is 14.2. The van der Waals surface area contributed by atoms with Gasteiger partial charge in [0.2, 0.25) is 0 Å². The van der Waals surface area contributed by atoms with Crippen LogP contribution in [0.3, 0.4) is 0 Å². The molecule has 0 radical (unpaired) electrons. The molecule has 1 aromatic heterocycles. The first-order valence-corrected chi connectivity index (χ1v) is 4.50. The van der Waals surface area contributed by atoms with Crippen LogP contribution >= 0.6 is 15.9 Å². The van der Waals surface area contributed by atoms with E-state index >= 15 is 0 Å². The summed E-state index contributed by atoms with van der Waals surface area (Å²) in [6.45, 7) is 1.80. The molecule has 0 aromatic carbocycles. The summed E-state index contributed by atoms with van der Waals surface area (Å²) >= 11 is 3.21. The van der Waals surface area contributed by atoms with Crippen molar-refractivity contribution in [3.05, 3.63) is 29.6 Å². The van der Waals surface area contributed by atoms with Crippen molar-refractivity contribution in [2.45, 2.75) is 17.9 Å². The van der Waals surface area contributed by atoms with Gasteiger partial charge in [-0.05, 0) is 19.1 Å². The molecule has 1 nitrogen and oxygen atoms in total. The van der Waals surface area contributed by atoms with E-state index in [2.05, 4.69) is 20.9 Å². The number of pyridine rings is 1. The third kappa shape index (κ3) is 2.69. The molecule has 0 saturated carbocycles. The van der Waals surface area contributed by atoms with E-state index < -0.39 is 11.7 Å². The molecule has 13 heavy (non-hydrogen) atoms. The average molecular weight is 254 g/mol. The molecule has 0 aliphatic rings. The van der Waals surface area contributed by atoms with Crippen molar-refractivity contribution >= 4 is 15.9 Å². The van der Waals surface area contributed by atoms with Crippen LogP contribution in [0.2, 0.25) is 0 Å². The summed E-state index contributed by atoms with van der Waals surface area (Å²) in [6, 6.07) is 2.39. The Morgan fingerprint density at radius 1 is 1.38 bits per heavy atom. The van der Waals surface area contributed by atoms with Crippen LogP contribution in [0.25, 0.3) is 0 Å². The van der Waals surface area contributed by atoms with Gasteiger partial charge in [0.1, 0.15) is 0 Å². The Morgan fingerprint density at radius 2 is 2.00 bits per heavy atom. The van der Waals surface area contributed by atoms with Crippen molar-refractivity contribution in [2.75, 3.05) is 0 Å². The molecule has 0 aliphatic carbocycles. The van der Waals surface area contributed by atoms with E-state index in [4.69, 9.17) is 0 Å². The molecule has 0 aliphatic heterocycles. The number of nitrogens with zero attached hydrogens (tertiary/aromatic N) is 1. The predicted octanol–water partition coefficient (Wildman–Crippen LogP) is 3.56. The van der Waals surface area contributed by atoms with Crippen LogP contribution in [-0.4, -0.2) is 4.98 Å². The highest BCUT2D eigenvalue weighted by atomic mass is 79.9. The van der Waals surface area contributed by atoms with Crippen molar-refractivity contribution < 1.29 is 13.2 Å². The van der Waals surface area contributed by atoms with Gasteiger partial charge in [-0.15, -0.1) is 0 Å². The smallest absolute Gasteiger partial charge is 0.260 e. The topological polar surface area (TPSA) is 12.9 Å². The number of halogens is 4. The van der Waals surface area contributed by atoms with Gasteiger partial charge in [0, 0.05) is 6.20 Å². The molecule has 1 heterocycles. The summed E-state index contributed by atoms with van der Waals surface area (Å²) in [5.41, 5.74) is -0.127. The second kappa shape index (κ2) is 3.65. The minimum Gasteiger partial charge on any atom is -0.260 e. The fraction of sp³-hybridized carbons (Fsp3) is 0.375. The molecule has 5 heteroatoms. The van der Waals surface area contributed by atoms with Crippen LogP contribution in [-0.2, 0) is 6.18 Å². The van der Waals surface area contributed by atoms with Crippen molar-refractivity contribution in [3.8, 4) is 0 Å². The van der Waals surface area contributed by atoms with Crippen LogP contribution in [0.4, 0.5) is 13.2 Å². The average Bonchev–Trinajstić information content (AvgIpc) is 2.03. The van der Waals surface area contributed by atoms with E-state index in [0.717, 1.165) is 12.3 Å². The van der Waals surface area contributed by atoms with Crippen LogP contribution in [0.1, 0.15) is 23.0 Å². The molecule has 1 atom stereocenters. The Kier molecular flexibility index (Phi) is 2.95. The SMILES string of the molecule is C[C@H](Br)c1ccc(C(F)(F)F)cn1. The van der Waals surface area contributed by atoms with Gasteiger partial charge in [0.25, 0.3) is 0 Å². The van der Waals surface area contributed by atoms with Gasteiger partial charge in [0.15, 0.2) is 0 Å². The van der Waals surface area contributed by atoms with E-state index in [-0.39, 0.29) is 4.83 Å². The second-order valence-corrected chi connectivity index (χ2v) is 3.96. The van der Waals surface area contributed by atoms with Gasteiger partial charge >= 0.3 is 6.18 Å². The first-order valence-electron chi connectivity index (χ1n) is 3.58. The number of rotatable bonds is 1. The molecule has 72 valence electrons. The lowest BCUT2D eigenvalue weighted by Gasteiger charge is -2.07. The van der Waals surface area contributed by atoms with Gasteiger partial charge in [-0.25, -0.2) is 0 Å². The third-order valence-corrected chi connectivity index (χ3v) is 1.99. The van der Waals surface area contributed by atoms with Crippen LogP contribution in [0, 0.1) is 0 Å². The van der Waals surface area contributed by atoms with E-state index in [1.807, 2.05) is 0 Å². The van der Waals surface area contributed by atoms with Crippen LogP contribution < -0.4 is 0 Å². The zero-order valence-electron chi connectivity index (χ0n) is 6.77. The first kappa shape index (κ1) is 10.5. The molecule has 0 saturated heterocycles. The van der Waals surface area contributed by atoms with Gasteiger partial charge in [-0.3, -0.25) is 4.98 Å². The van der Waals surface area contributed by atoms with Gasteiger partial charge in [0.05, 0.1) is 16.1 Å². The van der Waals surface area contributed by atoms with E-state index in [9.17, 15) is 13.2 Å². The Labute approximate surface area is 82.1 Å². The van der Waals surface area contributed by atoms with Crippen molar-refractivity contribution in [1.29, 1.82) is 0 Å². The largest absolute Gasteiger partial charge is 0.417 e. The zero-order valence-corrected chi connectivity index (χ0v) is 8.35. The number of aromatic nitrogens is 1. The summed E-state index contributed by atoms with van der Waals surface area (Å²) in [4.78, 5) is 3.65. The van der Waals surface area contributed by atoms with E-state index in [0.29, 0.717) is 5.69 Å². The second-order valence-electron chi connectivity index (χ2n) is 2.59. The fourth-order valence-electron chi connectivity index (χ4n) is 0.808. The summed E-state index contributed by atoms with van der Waals surface area (Å²) in [7, 11) is 0. The number of hydrogen-bond donors (Lipinski definition) is 0. The molecule has 1 aromatic rings. The van der Waals surface area contributed by atoms with E-state index in [1.54, 1.807) is 6.92 Å². The Bertz CT molecular complexity index is 278. The van der Waals surface area contributed by atoms with Crippen molar-refractivity contribution in [3.63, 3.8) is 0 Å². The summed E-state index contributed by atoms with van der Waals surface area (Å²) < 4.78 is 36.2. The maximum Gasteiger partial charge on any atom is 0.417 e. The number of hydrogen-bond acceptors (Lipinski definition) is 1. The molecule has 0 bridgehead atoms. The highest BCUT2D eigenvalue weighted by Crippen LogP contribution is 2.29. The van der Waals surface area contributed by atoms with Gasteiger partial charge < -0.3 is 0 Å². The highest BCUT2D eigenvalue weighted by Gasteiger charge is 2.30. The molecule has 0 amide bonds. The monoisotopic (exact) mass is 253 g/mol.